The number of benzene rings is 1. The largest absolute Gasteiger partial charge is 0.469 e. The van der Waals surface area contributed by atoms with E-state index in [2.05, 4.69) is 0 Å². The molecule has 0 saturated carbocycles. The summed E-state index contributed by atoms with van der Waals surface area (Å²) in [6, 6.07) is 7.58. The van der Waals surface area contributed by atoms with E-state index in [1.165, 1.54) is 14.0 Å². The number of rotatable bonds is 8. The fourth-order valence-electron chi connectivity index (χ4n) is 2.33. The van der Waals surface area contributed by atoms with Crippen LogP contribution >= 0.6 is 0 Å². The minimum atomic E-state index is -0.339. The Morgan fingerprint density at radius 3 is 2.17 bits per heavy atom. The number of ketones is 1. The minimum Gasteiger partial charge on any atom is -0.469 e. The monoisotopic (exact) mass is 320 g/mol. The van der Waals surface area contributed by atoms with Crippen molar-refractivity contribution in [3.63, 3.8) is 0 Å². The Balaban J connectivity index is 2.68. The van der Waals surface area contributed by atoms with Crippen molar-refractivity contribution in [1.29, 1.82) is 0 Å². The lowest BCUT2D eigenvalue weighted by atomic mass is 9.91. The summed E-state index contributed by atoms with van der Waals surface area (Å²) in [5.41, 5.74) is 1.88. The molecular formula is C18H24O5. The fraction of sp³-hybridized carbons (Fsp3) is 0.500. The van der Waals surface area contributed by atoms with Crippen LogP contribution in [0.4, 0.5) is 0 Å². The minimum absolute atomic E-state index is 0.0733. The molecule has 1 rings (SSSR count). The van der Waals surface area contributed by atoms with E-state index in [0.29, 0.717) is 12.8 Å². The van der Waals surface area contributed by atoms with Gasteiger partial charge < -0.3 is 9.47 Å². The number of esters is 2. The standard InChI is InChI=1S/C18H24O5/c1-12(18(21)22-4)16-7-5-15(6-8-16)11-17(13(2)19)9-10-23-14(3)20/h5-8,12,17H,9-11H2,1-4H3. The van der Waals surface area contributed by atoms with Crippen LogP contribution in [0.3, 0.4) is 0 Å². The molecule has 0 aliphatic carbocycles. The second-order valence-electron chi connectivity index (χ2n) is 5.63. The maximum absolute atomic E-state index is 11.7. The highest BCUT2D eigenvalue weighted by atomic mass is 16.5. The lowest BCUT2D eigenvalue weighted by Crippen LogP contribution is -2.17. The molecule has 0 heterocycles. The van der Waals surface area contributed by atoms with Gasteiger partial charge >= 0.3 is 11.9 Å². The van der Waals surface area contributed by atoms with Crippen molar-refractivity contribution in [2.75, 3.05) is 13.7 Å². The third kappa shape index (κ3) is 6.22. The van der Waals surface area contributed by atoms with Crippen LogP contribution < -0.4 is 0 Å². The molecule has 0 amide bonds. The second kappa shape index (κ2) is 9.08. The molecule has 0 saturated heterocycles. The summed E-state index contributed by atoms with van der Waals surface area (Å²) in [7, 11) is 1.37. The molecule has 23 heavy (non-hydrogen) atoms. The van der Waals surface area contributed by atoms with Crippen molar-refractivity contribution in [2.24, 2.45) is 5.92 Å². The van der Waals surface area contributed by atoms with Gasteiger partial charge in [-0.3, -0.25) is 14.4 Å². The quantitative estimate of drug-likeness (QED) is 0.689. The lowest BCUT2D eigenvalue weighted by Gasteiger charge is -2.15. The fourth-order valence-corrected chi connectivity index (χ4v) is 2.33. The van der Waals surface area contributed by atoms with E-state index >= 15 is 0 Å². The van der Waals surface area contributed by atoms with Crippen LogP contribution in [-0.2, 0) is 30.3 Å². The van der Waals surface area contributed by atoms with Gasteiger partial charge in [0.05, 0.1) is 19.6 Å². The van der Waals surface area contributed by atoms with Crippen molar-refractivity contribution < 1.29 is 23.9 Å². The zero-order chi connectivity index (χ0) is 17.4. The molecule has 0 aliphatic heterocycles. The molecule has 2 unspecified atom stereocenters. The van der Waals surface area contributed by atoms with Gasteiger partial charge in [0.1, 0.15) is 5.78 Å². The third-order valence-electron chi connectivity index (χ3n) is 3.86. The van der Waals surface area contributed by atoms with Crippen LogP contribution in [0.15, 0.2) is 24.3 Å². The first-order valence-electron chi connectivity index (χ1n) is 7.65. The van der Waals surface area contributed by atoms with E-state index < -0.39 is 0 Å². The predicted molar refractivity (Wildman–Crippen MR) is 86.0 cm³/mol. The summed E-state index contributed by atoms with van der Waals surface area (Å²) in [4.78, 5) is 34.0. The number of methoxy groups -OCH3 is 1. The topological polar surface area (TPSA) is 69.7 Å². The molecular weight excluding hydrogens is 296 g/mol. The maximum atomic E-state index is 11.7. The molecule has 0 radical (unpaired) electrons. The Bertz CT molecular complexity index is 547. The third-order valence-corrected chi connectivity index (χ3v) is 3.86. The molecule has 1 aromatic rings. The van der Waals surface area contributed by atoms with Gasteiger partial charge in [-0.15, -0.1) is 0 Å². The molecule has 0 N–H and O–H groups in total. The predicted octanol–water partition coefficient (Wildman–Crippen LogP) is 2.66. The summed E-state index contributed by atoms with van der Waals surface area (Å²) in [5, 5.41) is 0. The number of ether oxygens (including phenoxy) is 2. The van der Waals surface area contributed by atoms with Gasteiger partial charge in [0.2, 0.25) is 0 Å². The highest BCUT2D eigenvalue weighted by Gasteiger charge is 2.18. The number of carbonyl (C=O) groups is 3. The van der Waals surface area contributed by atoms with Crippen molar-refractivity contribution in [2.45, 2.75) is 39.5 Å². The van der Waals surface area contributed by atoms with Crippen molar-refractivity contribution in [3.05, 3.63) is 35.4 Å². The lowest BCUT2D eigenvalue weighted by molar-refractivity contribution is -0.142. The van der Waals surface area contributed by atoms with Crippen LogP contribution in [-0.4, -0.2) is 31.4 Å². The van der Waals surface area contributed by atoms with Gasteiger partial charge in [-0.25, -0.2) is 0 Å². The summed E-state index contributed by atoms with van der Waals surface area (Å²) in [6.45, 7) is 4.94. The van der Waals surface area contributed by atoms with E-state index in [-0.39, 0.29) is 36.2 Å². The summed E-state index contributed by atoms with van der Waals surface area (Å²) >= 11 is 0. The maximum Gasteiger partial charge on any atom is 0.312 e. The highest BCUT2D eigenvalue weighted by Crippen LogP contribution is 2.20. The normalized spacial score (nSPS) is 13.0. The first kappa shape index (κ1) is 18.9. The molecule has 5 heteroatoms. The summed E-state index contributed by atoms with van der Waals surface area (Å²) in [5.74, 6) is -1.04. The molecule has 0 bridgehead atoms. The molecule has 5 nitrogen and oxygen atoms in total. The number of Topliss-reactive ketones (excluding diaryl/α,β-unsaturated/α-hetero) is 1. The first-order chi connectivity index (χ1) is 10.8. The van der Waals surface area contributed by atoms with Gasteiger partial charge in [-0.2, -0.15) is 0 Å². The average Bonchev–Trinajstić information content (AvgIpc) is 2.52. The smallest absolute Gasteiger partial charge is 0.312 e. The highest BCUT2D eigenvalue weighted by molar-refractivity contribution is 5.79. The van der Waals surface area contributed by atoms with E-state index in [0.717, 1.165) is 11.1 Å². The first-order valence-corrected chi connectivity index (χ1v) is 7.65. The van der Waals surface area contributed by atoms with Gasteiger partial charge in [-0.1, -0.05) is 24.3 Å². The number of carbonyl (C=O) groups excluding carboxylic acids is 3. The van der Waals surface area contributed by atoms with Crippen LogP contribution in [0, 0.1) is 5.92 Å². The molecule has 126 valence electrons. The van der Waals surface area contributed by atoms with E-state index in [1.807, 2.05) is 24.3 Å². The van der Waals surface area contributed by atoms with E-state index in [9.17, 15) is 14.4 Å². The van der Waals surface area contributed by atoms with Gasteiger partial charge in [-0.05, 0) is 37.8 Å². The van der Waals surface area contributed by atoms with Gasteiger partial charge in [0.25, 0.3) is 0 Å². The summed E-state index contributed by atoms with van der Waals surface area (Å²) < 4.78 is 9.64. The van der Waals surface area contributed by atoms with Gasteiger partial charge in [0.15, 0.2) is 0 Å². The van der Waals surface area contributed by atoms with Crippen LogP contribution in [0.1, 0.15) is 44.2 Å². The second-order valence-corrected chi connectivity index (χ2v) is 5.63. The Hall–Kier alpha value is -2.17. The molecule has 0 spiro atoms. The average molecular weight is 320 g/mol. The van der Waals surface area contributed by atoms with Crippen LogP contribution in [0.25, 0.3) is 0 Å². The Labute approximate surface area is 137 Å². The molecule has 1 aromatic carbocycles. The molecule has 0 fully saturated rings. The van der Waals surface area contributed by atoms with E-state index in [1.54, 1.807) is 13.8 Å². The van der Waals surface area contributed by atoms with Crippen LogP contribution in [0.5, 0.6) is 0 Å². The summed E-state index contributed by atoms with van der Waals surface area (Å²) in [6.07, 6.45) is 1.10. The zero-order valence-corrected chi connectivity index (χ0v) is 14.1. The van der Waals surface area contributed by atoms with Crippen LogP contribution in [0.2, 0.25) is 0 Å². The van der Waals surface area contributed by atoms with E-state index in [4.69, 9.17) is 9.47 Å². The number of hydrogen-bond acceptors (Lipinski definition) is 5. The molecule has 0 aromatic heterocycles. The Kier molecular flexibility index (Phi) is 7.45. The van der Waals surface area contributed by atoms with Crippen molar-refractivity contribution in [1.82, 2.24) is 0 Å². The van der Waals surface area contributed by atoms with Crippen molar-refractivity contribution in [3.8, 4) is 0 Å². The Morgan fingerprint density at radius 2 is 1.70 bits per heavy atom. The molecule has 2 atom stereocenters. The number of hydrogen-bond donors (Lipinski definition) is 0. The van der Waals surface area contributed by atoms with Gasteiger partial charge in [0, 0.05) is 12.8 Å². The Morgan fingerprint density at radius 1 is 1.09 bits per heavy atom. The SMILES string of the molecule is COC(=O)C(C)c1ccc(CC(CCOC(C)=O)C(C)=O)cc1. The van der Waals surface area contributed by atoms with Crippen molar-refractivity contribution >= 4 is 17.7 Å². The molecule has 0 aliphatic rings. The zero-order valence-electron chi connectivity index (χ0n) is 14.1.